The fourth-order valence-electron chi connectivity index (χ4n) is 2.21. The highest BCUT2D eigenvalue weighted by molar-refractivity contribution is 5.78. The van der Waals surface area contributed by atoms with Crippen molar-refractivity contribution in [2.45, 2.75) is 25.8 Å². The number of amides is 1. The first-order chi connectivity index (χ1) is 11.0. The van der Waals surface area contributed by atoms with Crippen LogP contribution in [-0.4, -0.2) is 24.6 Å². The largest absolute Gasteiger partial charge is 0.483 e. The van der Waals surface area contributed by atoms with Crippen LogP contribution in [0, 0.1) is 0 Å². The summed E-state index contributed by atoms with van der Waals surface area (Å²) in [6.07, 6.45) is 0.771. The van der Waals surface area contributed by atoms with E-state index in [2.05, 4.69) is 17.4 Å². The van der Waals surface area contributed by atoms with E-state index in [4.69, 9.17) is 10.5 Å². The normalized spacial score (nSPS) is 11.1. The molecule has 0 radical (unpaired) electrons. The predicted octanol–water partition coefficient (Wildman–Crippen LogP) is 2.51. The molecule has 122 valence electrons. The van der Waals surface area contributed by atoms with Crippen LogP contribution in [-0.2, 0) is 11.2 Å². The van der Waals surface area contributed by atoms with E-state index >= 15 is 0 Å². The van der Waals surface area contributed by atoms with Gasteiger partial charge in [-0.1, -0.05) is 48.5 Å². The molecule has 0 atom stereocenters. The Labute approximate surface area is 137 Å². The summed E-state index contributed by atoms with van der Waals surface area (Å²) in [5, 5.41) is 2.86. The maximum Gasteiger partial charge on any atom is 0.258 e. The molecule has 0 spiro atoms. The molecular formula is C19H24N2O2. The third-order valence-corrected chi connectivity index (χ3v) is 3.56. The van der Waals surface area contributed by atoms with Gasteiger partial charge >= 0.3 is 0 Å². The lowest BCUT2D eigenvalue weighted by Crippen LogP contribution is -2.50. The Hall–Kier alpha value is -2.33. The molecular weight excluding hydrogens is 288 g/mol. The van der Waals surface area contributed by atoms with Gasteiger partial charge in [-0.15, -0.1) is 0 Å². The molecule has 2 rings (SSSR count). The number of para-hydroxylation sites is 1. The molecule has 0 bridgehead atoms. The molecule has 3 N–H and O–H groups in total. The van der Waals surface area contributed by atoms with Crippen molar-refractivity contribution in [2.24, 2.45) is 5.73 Å². The van der Waals surface area contributed by atoms with Crippen LogP contribution in [0.4, 0.5) is 0 Å². The monoisotopic (exact) mass is 312 g/mol. The average molecular weight is 312 g/mol. The standard InChI is InChI=1S/C19H24N2O2/c1-19(2,14-20)21-18(22)13-23-17-11-7-6-10-16(17)12-15-8-4-3-5-9-15/h3-11H,12-14,20H2,1-2H3,(H,21,22). The van der Waals surface area contributed by atoms with Crippen molar-refractivity contribution in [3.63, 3.8) is 0 Å². The van der Waals surface area contributed by atoms with Crippen LogP contribution in [0.25, 0.3) is 0 Å². The first kappa shape index (κ1) is 17.0. The van der Waals surface area contributed by atoms with Gasteiger partial charge in [0.05, 0.1) is 0 Å². The molecule has 0 saturated heterocycles. The van der Waals surface area contributed by atoms with Crippen LogP contribution in [0.3, 0.4) is 0 Å². The second-order valence-electron chi connectivity index (χ2n) is 6.19. The van der Waals surface area contributed by atoms with E-state index < -0.39 is 5.54 Å². The van der Waals surface area contributed by atoms with E-state index in [0.29, 0.717) is 6.54 Å². The van der Waals surface area contributed by atoms with Gasteiger partial charge in [0.1, 0.15) is 5.75 Å². The fraction of sp³-hybridized carbons (Fsp3) is 0.316. The van der Waals surface area contributed by atoms with Crippen LogP contribution in [0.15, 0.2) is 54.6 Å². The van der Waals surface area contributed by atoms with Crippen molar-refractivity contribution >= 4 is 5.91 Å². The average Bonchev–Trinajstić information content (AvgIpc) is 2.55. The van der Waals surface area contributed by atoms with Crippen LogP contribution in [0.1, 0.15) is 25.0 Å². The van der Waals surface area contributed by atoms with Gasteiger partial charge < -0.3 is 15.8 Å². The van der Waals surface area contributed by atoms with E-state index in [1.54, 1.807) is 0 Å². The SMILES string of the molecule is CC(C)(CN)NC(=O)COc1ccccc1Cc1ccccc1. The molecule has 1 amide bonds. The minimum absolute atomic E-state index is 0.0186. The molecule has 0 unspecified atom stereocenters. The highest BCUT2D eigenvalue weighted by Gasteiger charge is 2.18. The van der Waals surface area contributed by atoms with Crippen molar-refractivity contribution in [2.75, 3.05) is 13.2 Å². The van der Waals surface area contributed by atoms with E-state index in [1.807, 2.05) is 56.3 Å². The lowest BCUT2D eigenvalue weighted by molar-refractivity contribution is -0.124. The van der Waals surface area contributed by atoms with Crippen LogP contribution >= 0.6 is 0 Å². The molecule has 2 aromatic rings. The van der Waals surface area contributed by atoms with Gasteiger partial charge in [0.15, 0.2) is 6.61 Å². The highest BCUT2D eigenvalue weighted by atomic mass is 16.5. The number of rotatable bonds is 7. The third-order valence-electron chi connectivity index (χ3n) is 3.56. The smallest absolute Gasteiger partial charge is 0.258 e. The second kappa shape index (κ2) is 7.79. The number of nitrogens with one attached hydrogen (secondary N) is 1. The van der Waals surface area contributed by atoms with E-state index in [0.717, 1.165) is 17.7 Å². The number of hydrogen-bond acceptors (Lipinski definition) is 3. The maximum atomic E-state index is 12.0. The molecule has 0 aliphatic carbocycles. The summed E-state index contributed by atoms with van der Waals surface area (Å²) >= 11 is 0. The Balaban J connectivity index is 1.99. The van der Waals surface area contributed by atoms with Crippen molar-refractivity contribution in [3.8, 4) is 5.75 Å². The topological polar surface area (TPSA) is 64.3 Å². The summed E-state index contributed by atoms with van der Waals surface area (Å²) in [5.41, 5.74) is 7.46. The quantitative estimate of drug-likeness (QED) is 0.825. The molecule has 0 aromatic heterocycles. The molecule has 2 aromatic carbocycles. The lowest BCUT2D eigenvalue weighted by atomic mass is 10.0. The fourth-order valence-corrected chi connectivity index (χ4v) is 2.21. The number of ether oxygens (including phenoxy) is 1. The second-order valence-corrected chi connectivity index (χ2v) is 6.19. The Morgan fingerprint density at radius 1 is 1.09 bits per heavy atom. The maximum absolute atomic E-state index is 12.0. The van der Waals surface area contributed by atoms with Gasteiger partial charge in [-0.25, -0.2) is 0 Å². The van der Waals surface area contributed by atoms with Gasteiger partial charge in [0.25, 0.3) is 5.91 Å². The third kappa shape index (κ3) is 5.42. The number of carbonyl (C=O) groups excluding carboxylic acids is 1. The van der Waals surface area contributed by atoms with E-state index in [1.165, 1.54) is 5.56 Å². The van der Waals surface area contributed by atoms with E-state index in [9.17, 15) is 4.79 Å². The summed E-state index contributed by atoms with van der Waals surface area (Å²) in [7, 11) is 0. The summed E-state index contributed by atoms with van der Waals surface area (Å²) in [4.78, 5) is 12.0. The predicted molar refractivity (Wildman–Crippen MR) is 92.5 cm³/mol. The number of carbonyl (C=O) groups is 1. The molecule has 0 aliphatic heterocycles. The van der Waals surface area contributed by atoms with Crippen molar-refractivity contribution in [3.05, 3.63) is 65.7 Å². The molecule has 0 saturated carbocycles. The van der Waals surface area contributed by atoms with Gasteiger partial charge in [-0.05, 0) is 31.0 Å². The van der Waals surface area contributed by atoms with Crippen molar-refractivity contribution in [1.29, 1.82) is 0 Å². The molecule has 0 aliphatic rings. The number of benzene rings is 2. The lowest BCUT2D eigenvalue weighted by Gasteiger charge is -2.24. The Bertz CT molecular complexity index is 639. The first-order valence-electron chi connectivity index (χ1n) is 7.76. The zero-order valence-corrected chi connectivity index (χ0v) is 13.7. The minimum Gasteiger partial charge on any atom is -0.483 e. The summed E-state index contributed by atoms with van der Waals surface area (Å²) in [5.74, 6) is 0.562. The molecule has 0 heterocycles. The summed E-state index contributed by atoms with van der Waals surface area (Å²) in [6, 6.07) is 18.0. The Morgan fingerprint density at radius 3 is 2.43 bits per heavy atom. The van der Waals surface area contributed by atoms with Crippen molar-refractivity contribution in [1.82, 2.24) is 5.32 Å². The van der Waals surface area contributed by atoms with Gasteiger partial charge in [-0.3, -0.25) is 4.79 Å². The van der Waals surface area contributed by atoms with Crippen LogP contribution in [0.5, 0.6) is 5.75 Å². The van der Waals surface area contributed by atoms with Gasteiger partial charge in [0, 0.05) is 18.5 Å². The minimum atomic E-state index is -0.427. The molecule has 23 heavy (non-hydrogen) atoms. The zero-order valence-electron chi connectivity index (χ0n) is 13.7. The van der Waals surface area contributed by atoms with Crippen LogP contribution in [0.2, 0.25) is 0 Å². The summed E-state index contributed by atoms with van der Waals surface area (Å²) < 4.78 is 5.71. The zero-order chi connectivity index (χ0) is 16.7. The number of hydrogen-bond donors (Lipinski definition) is 2. The number of nitrogens with two attached hydrogens (primary N) is 1. The van der Waals surface area contributed by atoms with Gasteiger partial charge in [0.2, 0.25) is 0 Å². The molecule has 0 fully saturated rings. The summed E-state index contributed by atoms with van der Waals surface area (Å²) in [6.45, 7) is 4.13. The molecule has 4 heteroatoms. The van der Waals surface area contributed by atoms with Crippen LogP contribution < -0.4 is 15.8 Å². The highest BCUT2D eigenvalue weighted by Crippen LogP contribution is 2.21. The molecule has 4 nitrogen and oxygen atoms in total. The first-order valence-corrected chi connectivity index (χ1v) is 7.76. The Morgan fingerprint density at radius 2 is 1.74 bits per heavy atom. The Kier molecular flexibility index (Phi) is 5.77. The van der Waals surface area contributed by atoms with Gasteiger partial charge in [-0.2, -0.15) is 0 Å². The van der Waals surface area contributed by atoms with Crippen molar-refractivity contribution < 1.29 is 9.53 Å². The van der Waals surface area contributed by atoms with E-state index in [-0.39, 0.29) is 12.5 Å².